The summed E-state index contributed by atoms with van der Waals surface area (Å²) in [6.07, 6.45) is 2.28. The fraction of sp³-hybridized carbons (Fsp3) is 0.176. The van der Waals surface area contributed by atoms with Crippen molar-refractivity contribution < 1.29 is 0 Å². The van der Waals surface area contributed by atoms with Gasteiger partial charge in [-0.2, -0.15) is 0 Å². The fourth-order valence-corrected chi connectivity index (χ4v) is 3.77. The van der Waals surface area contributed by atoms with Crippen LogP contribution in [0.2, 0.25) is 0 Å². The highest BCUT2D eigenvalue weighted by molar-refractivity contribution is 8.22. The molecule has 0 aliphatic rings. The first-order valence-corrected chi connectivity index (χ1v) is 8.42. The summed E-state index contributed by atoms with van der Waals surface area (Å²) >= 11 is 3.83. The molecule has 2 aromatic rings. The van der Waals surface area contributed by atoms with Gasteiger partial charge in [-0.3, -0.25) is 0 Å². The molecule has 0 saturated carbocycles. The molecule has 0 aromatic heterocycles. The Balaban J connectivity index is 2.02. The van der Waals surface area contributed by atoms with E-state index in [0.717, 1.165) is 11.5 Å². The van der Waals surface area contributed by atoms with Crippen LogP contribution >= 0.6 is 23.5 Å². The van der Waals surface area contributed by atoms with Crippen molar-refractivity contribution in [1.29, 1.82) is 0 Å². The summed E-state index contributed by atoms with van der Waals surface area (Å²) in [4.78, 5) is 0. The summed E-state index contributed by atoms with van der Waals surface area (Å²) in [6.45, 7) is 2.20. The summed E-state index contributed by atoms with van der Waals surface area (Å²) in [5, 5.41) is 0. The van der Waals surface area contributed by atoms with Crippen molar-refractivity contribution in [2.75, 3.05) is 5.75 Å². The van der Waals surface area contributed by atoms with E-state index >= 15 is 0 Å². The zero-order chi connectivity index (χ0) is 13.3. The average molecular weight is 286 g/mol. The van der Waals surface area contributed by atoms with E-state index in [-0.39, 0.29) is 0 Å². The third kappa shape index (κ3) is 5.17. The lowest BCUT2D eigenvalue weighted by Gasteiger charge is -2.06. The van der Waals surface area contributed by atoms with Gasteiger partial charge in [-0.15, -0.1) is 23.5 Å². The van der Waals surface area contributed by atoms with Crippen molar-refractivity contribution in [3.8, 4) is 0 Å². The Hall–Kier alpha value is -1.12. The number of hydrogen-bond donors (Lipinski definition) is 0. The largest absolute Gasteiger partial charge is 0.120 e. The Morgan fingerprint density at radius 3 is 2.16 bits per heavy atom. The zero-order valence-corrected chi connectivity index (χ0v) is 12.7. The Kier molecular flexibility index (Phi) is 6.12. The van der Waals surface area contributed by atoms with Crippen LogP contribution in [0.15, 0.2) is 64.9 Å². The highest BCUT2D eigenvalue weighted by Crippen LogP contribution is 2.32. The van der Waals surface area contributed by atoms with Crippen LogP contribution in [0.25, 0.3) is 6.08 Å². The maximum Gasteiger partial charge on any atom is 0.0410 e. The highest BCUT2D eigenvalue weighted by atomic mass is 32.2. The van der Waals surface area contributed by atoms with Gasteiger partial charge in [0.2, 0.25) is 0 Å². The fourth-order valence-electron chi connectivity index (χ4n) is 1.68. The molecule has 0 fully saturated rings. The molecule has 2 rings (SSSR count). The monoisotopic (exact) mass is 286 g/mol. The lowest BCUT2D eigenvalue weighted by atomic mass is 10.2. The second-order valence-electron chi connectivity index (χ2n) is 4.08. The van der Waals surface area contributed by atoms with Crippen LogP contribution in [0.3, 0.4) is 0 Å². The second-order valence-corrected chi connectivity index (χ2v) is 6.66. The Morgan fingerprint density at radius 2 is 1.53 bits per heavy atom. The summed E-state index contributed by atoms with van der Waals surface area (Å²) < 4.78 is 1.39. The van der Waals surface area contributed by atoms with E-state index < -0.39 is 0 Å². The number of rotatable bonds is 6. The first kappa shape index (κ1) is 14.3. The van der Waals surface area contributed by atoms with Gasteiger partial charge in [0, 0.05) is 9.99 Å². The van der Waals surface area contributed by atoms with Gasteiger partial charge in [0.05, 0.1) is 0 Å². The van der Waals surface area contributed by atoms with Gasteiger partial charge in [-0.05, 0) is 23.0 Å². The molecule has 0 amide bonds. The molecular weight excluding hydrogens is 268 g/mol. The topological polar surface area (TPSA) is 0 Å². The summed E-state index contributed by atoms with van der Waals surface area (Å²) in [6, 6.07) is 21.2. The molecule has 0 nitrogen and oxygen atoms in total. The van der Waals surface area contributed by atoms with Crippen LogP contribution in [0, 0.1) is 0 Å². The molecule has 2 heteroatoms. The van der Waals surface area contributed by atoms with Crippen LogP contribution in [0.4, 0.5) is 0 Å². The van der Waals surface area contributed by atoms with Crippen molar-refractivity contribution in [3.63, 3.8) is 0 Å². The van der Waals surface area contributed by atoms with Crippen molar-refractivity contribution in [3.05, 3.63) is 76.0 Å². The number of thioether (sulfide) groups is 2. The first-order chi connectivity index (χ1) is 9.38. The van der Waals surface area contributed by atoms with Gasteiger partial charge in [0.15, 0.2) is 0 Å². The van der Waals surface area contributed by atoms with Gasteiger partial charge >= 0.3 is 0 Å². The lowest BCUT2D eigenvalue weighted by molar-refractivity contribution is 1.42. The van der Waals surface area contributed by atoms with Gasteiger partial charge in [0.1, 0.15) is 0 Å². The Labute approximate surface area is 124 Å². The smallest absolute Gasteiger partial charge is 0.0410 e. The molecular formula is C17H18S2. The molecule has 0 bridgehead atoms. The van der Waals surface area contributed by atoms with E-state index in [0.29, 0.717) is 0 Å². The normalized spacial score (nSPS) is 11.5. The third-order valence-electron chi connectivity index (χ3n) is 2.59. The third-order valence-corrected chi connectivity index (χ3v) is 4.87. The van der Waals surface area contributed by atoms with Crippen LogP contribution in [0.1, 0.15) is 18.1 Å². The Bertz CT molecular complexity index is 503. The van der Waals surface area contributed by atoms with Gasteiger partial charge in [-0.1, -0.05) is 67.6 Å². The standard InChI is InChI=1S/C17H18S2/c1-2-18-17(13-15-9-5-3-6-10-15)19-14-16-11-7-4-8-12-16/h3-13H,2,14H2,1H3/b17-13-. The zero-order valence-electron chi connectivity index (χ0n) is 11.1. The van der Waals surface area contributed by atoms with E-state index in [9.17, 15) is 0 Å². The molecule has 0 spiro atoms. The van der Waals surface area contributed by atoms with Crippen molar-refractivity contribution in [1.82, 2.24) is 0 Å². The predicted octanol–water partition coefficient (Wildman–Crippen LogP) is 5.67. The quantitative estimate of drug-likeness (QED) is 0.671. The SMILES string of the molecule is CCS/C(=C/c1ccccc1)SCc1ccccc1. The molecule has 0 heterocycles. The molecule has 98 valence electrons. The van der Waals surface area contributed by atoms with E-state index in [2.05, 4.69) is 73.7 Å². The van der Waals surface area contributed by atoms with Gasteiger partial charge < -0.3 is 0 Å². The van der Waals surface area contributed by atoms with Crippen LogP contribution in [-0.2, 0) is 5.75 Å². The molecule has 0 aliphatic heterocycles. The molecule has 19 heavy (non-hydrogen) atoms. The predicted molar refractivity (Wildman–Crippen MR) is 90.3 cm³/mol. The minimum atomic E-state index is 1.03. The average Bonchev–Trinajstić information content (AvgIpc) is 2.47. The summed E-state index contributed by atoms with van der Waals surface area (Å²) in [5.74, 6) is 2.15. The van der Waals surface area contributed by atoms with Gasteiger partial charge in [0.25, 0.3) is 0 Å². The minimum Gasteiger partial charge on any atom is -0.120 e. The molecule has 0 radical (unpaired) electrons. The molecule has 0 unspecified atom stereocenters. The minimum absolute atomic E-state index is 1.03. The Morgan fingerprint density at radius 1 is 0.895 bits per heavy atom. The highest BCUT2D eigenvalue weighted by Gasteiger charge is 2.00. The van der Waals surface area contributed by atoms with E-state index in [4.69, 9.17) is 0 Å². The summed E-state index contributed by atoms with van der Waals surface area (Å²) in [7, 11) is 0. The molecule has 0 saturated heterocycles. The van der Waals surface area contributed by atoms with Gasteiger partial charge in [-0.25, -0.2) is 0 Å². The van der Waals surface area contributed by atoms with Crippen molar-refractivity contribution >= 4 is 29.6 Å². The molecule has 2 aromatic carbocycles. The molecule has 0 N–H and O–H groups in total. The lowest BCUT2D eigenvalue weighted by Crippen LogP contribution is -1.81. The maximum atomic E-state index is 2.28. The van der Waals surface area contributed by atoms with Crippen LogP contribution < -0.4 is 0 Å². The number of benzene rings is 2. The van der Waals surface area contributed by atoms with E-state index in [1.165, 1.54) is 15.4 Å². The molecule has 0 atom stereocenters. The molecule has 0 aliphatic carbocycles. The first-order valence-electron chi connectivity index (χ1n) is 6.44. The van der Waals surface area contributed by atoms with Crippen molar-refractivity contribution in [2.24, 2.45) is 0 Å². The van der Waals surface area contributed by atoms with Crippen LogP contribution in [0.5, 0.6) is 0 Å². The van der Waals surface area contributed by atoms with E-state index in [1.807, 2.05) is 23.5 Å². The maximum absolute atomic E-state index is 2.28. The summed E-state index contributed by atoms with van der Waals surface area (Å²) in [5.41, 5.74) is 2.65. The van der Waals surface area contributed by atoms with E-state index in [1.54, 1.807) is 0 Å². The van der Waals surface area contributed by atoms with Crippen molar-refractivity contribution in [2.45, 2.75) is 12.7 Å². The number of hydrogen-bond acceptors (Lipinski definition) is 2. The van der Waals surface area contributed by atoms with Crippen LogP contribution in [-0.4, -0.2) is 5.75 Å². The second kappa shape index (κ2) is 8.13.